The van der Waals surface area contributed by atoms with Crippen LogP contribution < -0.4 is 23.8 Å². The van der Waals surface area contributed by atoms with Crippen LogP contribution in [-0.4, -0.2) is 49.9 Å². The van der Waals surface area contributed by atoms with E-state index in [9.17, 15) is 14.7 Å². The van der Waals surface area contributed by atoms with E-state index in [-0.39, 0.29) is 22.7 Å². The molecule has 4 rings (SSSR count). The molecule has 36 heavy (non-hydrogen) atoms. The number of amides is 1. The minimum atomic E-state index is -1.02. The van der Waals surface area contributed by atoms with Crippen molar-refractivity contribution < 1.29 is 38.2 Å². The van der Waals surface area contributed by atoms with E-state index in [1.807, 2.05) is 6.92 Å². The molecular weight excluding hydrogens is 468 g/mol. The van der Waals surface area contributed by atoms with Gasteiger partial charge in [0.25, 0.3) is 5.78 Å². The summed E-state index contributed by atoms with van der Waals surface area (Å²) in [7, 11) is 4.44. The molecular formula is C26H26N2O8. The summed E-state index contributed by atoms with van der Waals surface area (Å²) in [5.41, 5.74) is 0.640. The summed E-state index contributed by atoms with van der Waals surface area (Å²) < 4.78 is 26.8. The molecule has 1 aromatic heterocycles. The summed E-state index contributed by atoms with van der Waals surface area (Å²) in [6.45, 7) is 3.94. The van der Waals surface area contributed by atoms with Crippen molar-refractivity contribution in [1.82, 2.24) is 5.16 Å². The normalized spacial score (nSPS) is 16.8. The number of carbonyl (C=O) groups excluding carboxylic acids is 2. The Labute approximate surface area is 207 Å². The molecule has 1 unspecified atom stereocenters. The minimum Gasteiger partial charge on any atom is -0.507 e. The molecule has 0 spiro atoms. The van der Waals surface area contributed by atoms with E-state index in [2.05, 4.69) is 5.16 Å². The first-order valence-electron chi connectivity index (χ1n) is 11.1. The number of hydrogen-bond acceptors (Lipinski definition) is 9. The number of aromatic nitrogens is 1. The van der Waals surface area contributed by atoms with Gasteiger partial charge in [-0.15, -0.1) is 0 Å². The predicted molar refractivity (Wildman–Crippen MR) is 130 cm³/mol. The maximum Gasteiger partial charge on any atom is 0.301 e. The Balaban J connectivity index is 1.94. The molecule has 0 aliphatic carbocycles. The smallest absolute Gasteiger partial charge is 0.301 e. The zero-order valence-electron chi connectivity index (χ0n) is 20.5. The third kappa shape index (κ3) is 4.21. The van der Waals surface area contributed by atoms with Crippen molar-refractivity contribution in [3.63, 3.8) is 0 Å². The Morgan fingerprint density at radius 2 is 1.64 bits per heavy atom. The molecule has 1 N–H and O–H groups in total. The molecule has 1 atom stereocenters. The number of ether oxygens (including phenoxy) is 4. The molecule has 1 aliphatic heterocycles. The fourth-order valence-electron chi connectivity index (χ4n) is 4.12. The second kappa shape index (κ2) is 10.0. The van der Waals surface area contributed by atoms with Crippen molar-refractivity contribution in [3.8, 4) is 23.0 Å². The number of benzene rings is 2. The third-order valence-electron chi connectivity index (χ3n) is 5.77. The van der Waals surface area contributed by atoms with E-state index in [1.54, 1.807) is 43.3 Å². The lowest BCUT2D eigenvalue weighted by Gasteiger charge is -2.24. The van der Waals surface area contributed by atoms with Crippen molar-refractivity contribution in [2.45, 2.75) is 19.9 Å². The number of aliphatic hydroxyl groups excluding tert-OH is 1. The fraction of sp³-hybridized carbons (Fsp3) is 0.269. The summed E-state index contributed by atoms with van der Waals surface area (Å²) >= 11 is 0. The van der Waals surface area contributed by atoms with Gasteiger partial charge >= 0.3 is 5.91 Å². The van der Waals surface area contributed by atoms with Crippen LogP contribution in [0.2, 0.25) is 0 Å². The number of methoxy groups -OCH3 is 3. The average Bonchev–Trinajstić information content (AvgIpc) is 3.43. The third-order valence-corrected chi connectivity index (χ3v) is 5.77. The van der Waals surface area contributed by atoms with Gasteiger partial charge in [0.05, 0.1) is 39.6 Å². The van der Waals surface area contributed by atoms with Crippen LogP contribution in [0.4, 0.5) is 5.82 Å². The summed E-state index contributed by atoms with van der Waals surface area (Å²) in [6.07, 6.45) is 0. The standard InChI is InChI=1S/C26H26N2O8/c1-6-35-18-10-7-15(12-20(18)34-5)23-22(24(29)16-8-9-17(32-3)19(13-16)33-4)25(30)26(31)28(23)21-11-14(2)36-27-21/h7-13,23,29H,6H2,1-5H3. The van der Waals surface area contributed by atoms with Crippen LogP contribution in [0.25, 0.3) is 5.76 Å². The number of Topliss-reactive ketones (excluding diaryl/α,β-unsaturated/α-hetero) is 1. The molecule has 0 saturated carbocycles. The molecule has 3 aromatic rings. The van der Waals surface area contributed by atoms with Crippen LogP contribution in [0.15, 0.2) is 52.6 Å². The van der Waals surface area contributed by atoms with E-state index in [1.165, 1.54) is 32.3 Å². The van der Waals surface area contributed by atoms with Gasteiger partial charge in [-0.3, -0.25) is 14.5 Å². The van der Waals surface area contributed by atoms with E-state index in [0.717, 1.165) is 0 Å². The van der Waals surface area contributed by atoms with Gasteiger partial charge < -0.3 is 28.6 Å². The molecule has 2 heterocycles. The molecule has 1 saturated heterocycles. The van der Waals surface area contributed by atoms with Gasteiger partial charge in [0.15, 0.2) is 28.8 Å². The minimum absolute atomic E-state index is 0.126. The second-order valence-electron chi connectivity index (χ2n) is 7.88. The van der Waals surface area contributed by atoms with Crippen molar-refractivity contribution in [3.05, 3.63) is 64.9 Å². The van der Waals surface area contributed by atoms with Crippen LogP contribution in [-0.2, 0) is 9.59 Å². The van der Waals surface area contributed by atoms with E-state index < -0.39 is 17.7 Å². The topological polar surface area (TPSA) is 121 Å². The monoisotopic (exact) mass is 494 g/mol. The highest BCUT2D eigenvalue weighted by Crippen LogP contribution is 2.44. The Kier molecular flexibility index (Phi) is 6.86. The number of rotatable bonds is 8. The van der Waals surface area contributed by atoms with Crippen LogP contribution in [0.1, 0.15) is 29.9 Å². The summed E-state index contributed by atoms with van der Waals surface area (Å²) in [5, 5.41) is 15.3. The lowest BCUT2D eigenvalue weighted by Crippen LogP contribution is -2.29. The van der Waals surface area contributed by atoms with Crippen molar-refractivity contribution >= 4 is 23.3 Å². The molecule has 2 aromatic carbocycles. The Hall–Kier alpha value is -4.47. The highest BCUT2D eigenvalue weighted by Gasteiger charge is 2.48. The highest BCUT2D eigenvalue weighted by atomic mass is 16.5. The number of anilines is 1. The summed E-state index contributed by atoms with van der Waals surface area (Å²) in [5.74, 6) is 0.176. The van der Waals surface area contributed by atoms with E-state index in [0.29, 0.717) is 40.9 Å². The van der Waals surface area contributed by atoms with Crippen LogP contribution in [0.5, 0.6) is 23.0 Å². The van der Waals surface area contributed by atoms with Crippen LogP contribution in [0, 0.1) is 6.92 Å². The Bertz CT molecular complexity index is 1340. The largest absolute Gasteiger partial charge is 0.507 e. The molecule has 1 amide bonds. The van der Waals surface area contributed by atoms with E-state index in [4.69, 9.17) is 23.5 Å². The summed E-state index contributed by atoms with van der Waals surface area (Å²) in [6, 6.07) is 10.3. The first kappa shape index (κ1) is 24.6. The Morgan fingerprint density at radius 1 is 0.972 bits per heavy atom. The molecule has 10 heteroatoms. The molecule has 10 nitrogen and oxygen atoms in total. The predicted octanol–water partition coefficient (Wildman–Crippen LogP) is 4.03. The Morgan fingerprint density at radius 3 is 2.25 bits per heavy atom. The first-order valence-corrected chi connectivity index (χ1v) is 11.1. The zero-order chi connectivity index (χ0) is 26.0. The van der Waals surface area contributed by atoms with Crippen molar-refractivity contribution in [2.75, 3.05) is 32.8 Å². The molecule has 188 valence electrons. The van der Waals surface area contributed by atoms with Gasteiger partial charge in [0.1, 0.15) is 11.5 Å². The zero-order valence-corrected chi connectivity index (χ0v) is 20.5. The lowest BCUT2D eigenvalue weighted by molar-refractivity contribution is -0.132. The highest BCUT2D eigenvalue weighted by molar-refractivity contribution is 6.51. The quantitative estimate of drug-likeness (QED) is 0.281. The number of ketones is 1. The van der Waals surface area contributed by atoms with Gasteiger partial charge in [-0.2, -0.15) is 0 Å². The van der Waals surface area contributed by atoms with Gasteiger partial charge in [0, 0.05) is 11.6 Å². The first-order chi connectivity index (χ1) is 17.3. The van der Waals surface area contributed by atoms with Gasteiger partial charge in [0.2, 0.25) is 0 Å². The van der Waals surface area contributed by atoms with Gasteiger partial charge in [-0.05, 0) is 49.7 Å². The fourth-order valence-corrected chi connectivity index (χ4v) is 4.12. The molecule has 0 bridgehead atoms. The number of carbonyl (C=O) groups is 2. The summed E-state index contributed by atoms with van der Waals surface area (Å²) in [4.78, 5) is 27.8. The van der Waals surface area contributed by atoms with Crippen LogP contribution in [0.3, 0.4) is 0 Å². The maximum atomic E-state index is 13.3. The second-order valence-corrected chi connectivity index (χ2v) is 7.88. The number of nitrogens with zero attached hydrogens (tertiary/aromatic N) is 2. The lowest BCUT2D eigenvalue weighted by atomic mass is 9.95. The van der Waals surface area contributed by atoms with Gasteiger partial charge in [-0.1, -0.05) is 11.2 Å². The molecule has 1 aliphatic rings. The van der Waals surface area contributed by atoms with Crippen molar-refractivity contribution in [2.24, 2.45) is 0 Å². The number of aliphatic hydroxyl groups is 1. The van der Waals surface area contributed by atoms with Gasteiger partial charge in [-0.25, -0.2) is 0 Å². The number of hydrogen-bond donors (Lipinski definition) is 1. The molecule has 0 radical (unpaired) electrons. The van der Waals surface area contributed by atoms with Crippen LogP contribution >= 0.6 is 0 Å². The maximum absolute atomic E-state index is 13.3. The SMILES string of the molecule is CCOc1ccc(C2C(=C(O)c3ccc(OC)c(OC)c3)C(=O)C(=O)N2c2cc(C)on2)cc1OC. The van der Waals surface area contributed by atoms with Crippen molar-refractivity contribution in [1.29, 1.82) is 0 Å². The number of aryl methyl sites for hydroxylation is 1. The average molecular weight is 495 g/mol. The molecule has 1 fully saturated rings. The van der Waals surface area contributed by atoms with E-state index >= 15 is 0 Å².